The Hall–Kier alpha value is -2.63. The molecular formula is C16H18N4O2. The van der Waals surface area contributed by atoms with Crippen LogP contribution in [0.1, 0.15) is 16.1 Å². The van der Waals surface area contributed by atoms with Gasteiger partial charge in [-0.2, -0.15) is 0 Å². The maximum atomic E-state index is 12.3. The molecule has 6 nitrogen and oxygen atoms in total. The topological polar surface area (TPSA) is 69.3 Å². The van der Waals surface area contributed by atoms with Gasteiger partial charge in [-0.3, -0.25) is 9.59 Å². The van der Waals surface area contributed by atoms with Crippen molar-refractivity contribution < 1.29 is 4.79 Å². The molecule has 1 saturated heterocycles. The van der Waals surface area contributed by atoms with E-state index in [2.05, 4.69) is 40.0 Å². The summed E-state index contributed by atoms with van der Waals surface area (Å²) in [6.07, 6.45) is 2.51. The van der Waals surface area contributed by atoms with Gasteiger partial charge in [0.1, 0.15) is 5.69 Å². The SMILES string of the molecule is Cc1cccc(N2CCN(C(=O)c3c[nH]c(=O)cn3)CC2)c1. The van der Waals surface area contributed by atoms with Crippen LogP contribution in [-0.2, 0) is 0 Å². The molecule has 22 heavy (non-hydrogen) atoms. The quantitative estimate of drug-likeness (QED) is 0.899. The summed E-state index contributed by atoms with van der Waals surface area (Å²) in [5, 5.41) is 0. The Morgan fingerprint density at radius 1 is 1.23 bits per heavy atom. The molecule has 1 aliphatic rings. The van der Waals surface area contributed by atoms with Gasteiger partial charge in [0, 0.05) is 38.1 Å². The number of carbonyl (C=O) groups excluding carboxylic acids is 1. The van der Waals surface area contributed by atoms with Crippen molar-refractivity contribution in [2.75, 3.05) is 31.1 Å². The number of carbonyl (C=O) groups is 1. The van der Waals surface area contributed by atoms with Crippen molar-refractivity contribution in [3.63, 3.8) is 0 Å². The van der Waals surface area contributed by atoms with Gasteiger partial charge in [0.05, 0.1) is 6.20 Å². The molecule has 0 saturated carbocycles. The summed E-state index contributed by atoms with van der Waals surface area (Å²) in [6.45, 7) is 4.95. The molecule has 0 atom stereocenters. The lowest BCUT2D eigenvalue weighted by Crippen LogP contribution is -2.49. The Morgan fingerprint density at radius 3 is 2.64 bits per heavy atom. The predicted octanol–water partition coefficient (Wildman–Crippen LogP) is 1.04. The van der Waals surface area contributed by atoms with Crippen LogP contribution in [-0.4, -0.2) is 47.0 Å². The number of nitrogens with one attached hydrogen (secondary N) is 1. The number of aromatic nitrogens is 2. The van der Waals surface area contributed by atoms with E-state index in [9.17, 15) is 9.59 Å². The van der Waals surface area contributed by atoms with Crippen LogP contribution < -0.4 is 10.5 Å². The molecule has 0 radical (unpaired) electrons. The largest absolute Gasteiger partial charge is 0.368 e. The van der Waals surface area contributed by atoms with Crippen LogP contribution in [0.15, 0.2) is 41.5 Å². The molecule has 2 heterocycles. The predicted molar refractivity (Wildman–Crippen MR) is 84.2 cm³/mol. The van der Waals surface area contributed by atoms with Gasteiger partial charge in [0.15, 0.2) is 0 Å². The number of benzene rings is 1. The minimum absolute atomic E-state index is 0.139. The third-order valence-corrected chi connectivity index (χ3v) is 3.82. The number of piperazine rings is 1. The number of hydrogen-bond acceptors (Lipinski definition) is 4. The van der Waals surface area contributed by atoms with E-state index in [1.165, 1.54) is 17.4 Å². The summed E-state index contributed by atoms with van der Waals surface area (Å²) in [6, 6.07) is 8.37. The molecular weight excluding hydrogens is 280 g/mol. The number of H-pyrrole nitrogens is 1. The minimum atomic E-state index is -0.305. The van der Waals surface area contributed by atoms with Crippen LogP contribution in [0.2, 0.25) is 0 Å². The standard InChI is InChI=1S/C16H18N4O2/c1-12-3-2-4-13(9-12)19-5-7-20(8-6-19)16(22)14-10-18-15(21)11-17-14/h2-4,9-11H,5-8H2,1H3,(H,18,21). The normalized spacial score (nSPS) is 15.0. The van der Waals surface area contributed by atoms with Crippen molar-refractivity contribution in [2.24, 2.45) is 0 Å². The van der Waals surface area contributed by atoms with Crippen molar-refractivity contribution in [3.05, 3.63) is 58.3 Å². The van der Waals surface area contributed by atoms with E-state index in [4.69, 9.17) is 0 Å². The molecule has 3 rings (SSSR count). The average Bonchev–Trinajstić information content (AvgIpc) is 2.55. The van der Waals surface area contributed by atoms with Crippen LogP contribution in [0, 0.1) is 6.92 Å². The van der Waals surface area contributed by atoms with Crippen LogP contribution in [0.25, 0.3) is 0 Å². The first-order valence-corrected chi connectivity index (χ1v) is 7.29. The Balaban J connectivity index is 1.65. The van der Waals surface area contributed by atoms with Crippen molar-refractivity contribution in [3.8, 4) is 0 Å². The lowest BCUT2D eigenvalue weighted by atomic mass is 10.2. The number of nitrogens with zero attached hydrogens (tertiary/aromatic N) is 3. The van der Waals surface area contributed by atoms with E-state index in [0.717, 1.165) is 19.3 Å². The number of amides is 1. The van der Waals surface area contributed by atoms with Crippen molar-refractivity contribution in [1.29, 1.82) is 0 Å². The molecule has 1 amide bonds. The highest BCUT2D eigenvalue weighted by atomic mass is 16.2. The van der Waals surface area contributed by atoms with Crippen molar-refractivity contribution >= 4 is 11.6 Å². The monoisotopic (exact) mass is 298 g/mol. The molecule has 0 unspecified atom stereocenters. The first-order valence-electron chi connectivity index (χ1n) is 7.29. The average molecular weight is 298 g/mol. The van der Waals surface area contributed by atoms with E-state index in [-0.39, 0.29) is 17.2 Å². The van der Waals surface area contributed by atoms with Crippen LogP contribution in [0.5, 0.6) is 0 Å². The molecule has 1 fully saturated rings. The molecule has 6 heteroatoms. The molecule has 0 spiro atoms. The molecule has 1 N–H and O–H groups in total. The lowest BCUT2D eigenvalue weighted by Gasteiger charge is -2.36. The number of hydrogen-bond donors (Lipinski definition) is 1. The maximum absolute atomic E-state index is 12.3. The Labute approximate surface area is 128 Å². The van der Waals surface area contributed by atoms with Gasteiger partial charge in [-0.25, -0.2) is 4.98 Å². The highest BCUT2D eigenvalue weighted by Gasteiger charge is 2.23. The molecule has 0 aliphatic carbocycles. The van der Waals surface area contributed by atoms with Gasteiger partial charge in [0.2, 0.25) is 0 Å². The van der Waals surface area contributed by atoms with Crippen LogP contribution in [0.4, 0.5) is 5.69 Å². The molecule has 1 aliphatic heterocycles. The molecule has 0 bridgehead atoms. The number of rotatable bonds is 2. The Morgan fingerprint density at radius 2 is 2.00 bits per heavy atom. The maximum Gasteiger partial charge on any atom is 0.274 e. The number of aromatic amines is 1. The summed E-state index contributed by atoms with van der Waals surface area (Å²) in [5.74, 6) is -0.139. The fraction of sp³-hybridized carbons (Fsp3) is 0.312. The smallest absolute Gasteiger partial charge is 0.274 e. The number of aryl methyl sites for hydroxylation is 1. The summed E-state index contributed by atoms with van der Waals surface area (Å²) in [4.78, 5) is 33.8. The van der Waals surface area contributed by atoms with Gasteiger partial charge in [-0.15, -0.1) is 0 Å². The Bertz CT molecular complexity index is 712. The summed E-state index contributed by atoms with van der Waals surface area (Å²) >= 11 is 0. The summed E-state index contributed by atoms with van der Waals surface area (Å²) < 4.78 is 0. The van der Waals surface area contributed by atoms with Crippen molar-refractivity contribution in [2.45, 2.75) is 6.92 Å². The fourth-order valence-electron chi connectivity index (χ4n) is 2.61. The van der Waals surface area contributed by atoms with E-state index in [0.29, 0.717) is 13.1 Å². The lowest BCUT2D eigenvalue weighted by molar-refractivity contribution is 0.0740. The van der Waals surface area contributed by atoms with Crippen LogP contribution >= 0.6 is 0 Å². The second kappa shape index (κ2) is 6.01. The summed E-state index contributed by atoms with van der Waals surface area (Å²) in [5.41, 5.74) is 2.40. The molecule has 114 valence electrons. The molecule has 2 aromatic rings. The highest BCUT2D eigenvalue weighted by molar-refractivity contribution is 5.92. The highest BCUT2D eigenvalue weighted by Crippen LogP contribution is 2.18. The zero-order chi connectivity index (χ0) is 15.5. The third-order valence-electron chi connectivity index (χ3n) is 3.82. The van der Waals surface area contributed by atoms with Crippen molar-refractivity contribution in [1.82, 2.24) is 14.9 Å². The van der Waals surface area contributed by atoms with Gasteiger partial charge in [0.25, 0.3) is 11.5 Å². The van der Waals surface area contributed by atoms with Gasteiger partial charge in [-0.1, -0.05) is 12.1 Å². The second-order valence-electron chi connectivity index (χ2n) is 5.41. The second-order valence-corrected chi connectivity index (χ2v) is 5.41. The number of anilines is 1. The molecule has 1 aromatic carbocycles. The Kier molecular flexibility index (Phi) is 3.91. The van der Waals surface area contributed by atoms with E-state index >= 15 is 0 Å². The van der Waals surface area contributed by atoms with Gasteiger partial charge in [-0.05, 0) is 24.6 Å². The zero-order valence-electron chi connectivity index (χ0n) is 12.5. The molecule has 1 aromatic heterocycles. The van der Waals surface area contributed by atoms with Crippen LogP contribution in [0.3, 0.4) is 0 Å². The first kappa shape index (κ1) is 14.3. The first-order chi connectivity index (χ1) is 10.6. The minimum Gasteiger partial charge on any atom is -0.368 e. The third kappa shape index (κ3) is 3.00. The van der Waals surface area contributed by atoms with Gasteiger partial charge >= 0.3 is 0 Å². The fourth-order valence-corrected chi connectivity index (χ4v) is 2.61. The van der Waals surface area contributed by atoms with E-state index in [1.54, 1.807) is 4.90 Å². The summed E-state index contributed by atoms with van der Waals surface area (Å²) in [7, 11) is 0. The van der Waals surface area contributed by atoms with E-state index in [1.807, 2.05) is 6.07 Å². The van der Waals surface area contributed by atoms with Gasteiger partial charge < -0.3 is 14.8 Å². The van der Waals surface area contributed by atoms with E-state index < -0.39 is 0 Å². The zero-order valence-corrected chi connectivity index (χ0v) is 12.5.